The summed E-state index contributed by atoms with van der Waals surface area (Å²) >= 11 is 6.18. The summed E-state index contributed by atoms with van der Waals surface area (Å²) < 4.78 is 5.68. The van der Waals surface area contributed by atoms with E-state index in [9.17, 15) is 10.1 Å². The average Bonchev–Trinajstić information content (AvgIpc) is 2.42. The summed E-state index contributed by atoms with van der Waals surface area (Å²) in [6.45, 7) is 2.39. The lowest BCUT2D eigenvalue weighted by Crippen LogP contribution is -2.04. The van der Waals surface area contributed by atoms with Crippen molar-refractivity contribution >= 4 is 17.3 Å². The van der Waals surface area contributed by atoms with E-state index in [2.05, 4.69) is 5.32 Å². The van der Waals surface area contributed by atoms with Crippen molar-refractivity contribution in [3.63, 3.8) is 0 Å². The van der Waals surface area contributed by atoms with Crippen LogP contribution in [-0.4, -0.2) is 12.0 Å². The minimum Gasteiger partial charge on any atom is -0.456 e. The van der Waals surface area contributed by atoms with Gasteiger partial charge in [0.05, 0.1) is 9.95 Å². The fraction of sp³-hybridized carbons (Fsp3) is 0.200. The van der Waals surface area contributed by atoms with Crippen LogP contribution in [0.15, 0.2) is 36.4 Å². The van der Waals surface area contributed by atoms with Crippen LogP contribution in [0.25, 0.3) is 0 Å². The van der Waals surface area contributed by atoms with Crippen LogP contribution in [0.1, 0.15) is 11.1 Å². The molecule has 0 aliphatic rings. The zero-order valence-electron chi connectivity index (χ0n) is 11.7. The van der Waals surface area contributed by atoms with Crippen molar-refractivity contribution in [3.05, 3.63) is 62.7 Å². The molecule has 6 heteroatoms. The Morgan fingerprint density at radius 1 is 1.29 bits per heavy atom. The molecule has 0 aliphatic carbocycles. The minimum absolute atomic E-state index is 0.0674. The van der Waals surface area contributed by atoms with Gasteiger partial charge in [0.1, 0.15) is 11.5 Å². The van der Waals surface area contributed by atoms with Gasteiger partial charge in [0.25, 0.3) is 5.69 Å². The number of hydrogen-bond donors (Lipinski definition) is 1. The maximum atomic E-state index is 10.8. The summed E-state index contributed by atoms with van der Waals surface area (Å²) in [6, 6.07) is 10.1. The minimum atomic E-state index is -0.418. The van der Waals surface area contributed by atoms with Gasteiger partial charge in [-0.3, -0.25) is 10.1 Å². The number of halogens is 1. The molecule has 0 atom stereocenters. The molecule has 0 aliphatic heterocycles. The van der Waals surface area contributed by atoms with E-state index in [1.807, 2.05) is 19.2 Å². The SMILES string of the molecule is CNCc1ccc(Oc2ccc([N+](=O)[O-])c(C)c2)c(Cl)c1. The van der Waals surface area contributed by atoms with Gasteiger partial charge in [-0.2, -0.15) is 0 Å². The fourth-order valence-electron chi connectivity index (χ4n) is 1.96. The number of aryl methyl sites for hydroxylation is 1. The summed E-state index contributed by atoms with van der Waals surface area (Å²) in [5.74, 6) is 1.03. The lowest BCUT2D eigenvalue weighted by Gasteiger charge is -2.10. The van der Waals surface area contributed by atoms with Gasteiger partial charge in [0.15, 0.2) is 0 Å². The van der Waals surface area contributed by atoms with Gasteiger partial charge in [-0.1, -0.05) is 17.7 Å². The second-order valence-electron chi connectivity index (χ2n) is 4.60. The van der Waals surface area contributed by atoms with Gasteiger partial charge < -0.3 is 10.1 Å². The predicted octanol–water partition coefficient (Wildman–Crippen LogP) is 4.07. The number of nitrogens with zero attached hydrogens (tertiary/aromatic N) is 1. The zero-order chi connectivity index (χ0) is 15.4. The van der Waals surface area contributed by atoms with Crippen LogP contribution in [0.2, 0.25) is 5.02 Å². The monoisotopic (exact) mass is 306 g/mol. The van der Waals surface area contributed by atoms with Crippen LogP contribution in [0.5, 0.6) is 11.5 Å². The first kappa shape index (κ1) is 15.3. The van der Waals surface area contributed by atoms with E-state index in [4.69, 9.17) is 16.3 Å². The molecule has 2 aromatic rings. The first-order valence-corrected chi connectivity index (χ1v) is 6.75. The third kappa shape index (κ3) is 3.71. The van der Waals surface area contributed by atoms with Gasteiger partial charge in [-0.15, -0.1) is 0 Å². The maximum absolute atomic E-state index is 10.8. The van der Waals surface area contributed by atoms with E-state index < -0.39 is 4.92 Å². The van der Waals surface area contributed by atoms with E-state index >= 15 is 0 Å². The van der Waals surface area contributed by atoms with E-state index in [1.165, 1.54) is 6.07 Å². The van der Waals surface area contributed by atoms with Crippen LogP contribution in [0.4, 0.5) is 5.69 Å². The molecule has 0 saturated carbocycles. The Bertz CT molecular complexity index is 674. The maximum Gasteiger partial charge on any atom is 0.272 e. The highest BCUT2D eigenvalue weighted by Crippen LogP contribution is 2.32. The third-order valence-corrected chi connectivity index (χ3v) is 3.27. The molecule has 2 rings (SSSR count). The van der Waals surface area contributed by atoms with Gasteiger partial charge in [-0.05, 0) is 43.8 Å². The molecule has 0 radical (unpaired) electrons. The fourth-order valence-corrected chi connectivity index (χ4v) is 2.21. The van der Waals surface area contributed by atoms with E-state index in [1.54, 1.807) is 25.1 Å². The van der Waals surface area contributed by atoms with Gasteiger partial charge >= 0.3 is 0 Å². The molecule has 0 unspecified atom stereocenters. The Hall–Kier alpha value is -2.11. The predicted molar refractivity (Wildman–Crippen MR) is 82.1 cm³/mol. The van der Waals surface area contributed by atoms with Crippen molar-refractivity contribution in [3.8, 4) is 11.5 Å². The summed E-state index contributed by atoms with van der Waals surface area (Å²) in [7, 11) is 1.86. The van der Waals surface area contributed by atoms with Gasteiger partial charge in [0.2, 0.25) is 0 Å². The first-order valence-electron chi connectivity index (χ1n) is 6.37. The number of rotatable bonds is 5. The smallest absolute Gasteiger partial charge is 0.272 e. The van der Waals surface area contributed by atoms with Crippen molar-refractivity contribution in [2.45, 2.75) is 13.5 Å². The van der Waals surface area contributed by atoms with Crippen LogP contribution >= 0.6 is 11.6 Å². The topological polar surface area (TPSA) is 64.4 Å². The molecule has 0 saturated heterocycles. The summed E-state index contributed by atoms with van der Waals surface area (Å²) in [5.41, 5.74) is 1.66. The molecule has 0 aromatic heterocycles. The highest BCUT2D eigenvalue weighted by molar-refractivity contribution is 6.32. The highest BCUT2D eigenvalue weighted by Gasteiger charge is 2.12. The molecule has 0 spiro atoms. The summed E-state index contributed by atoms with van der Waals surface area (Å²) in [5, 5.41) is 14.3. The summed E-state index contributed by atoms with van der Waals surface area (Å²) in [4.78, 5) is 10.4. The van der Waals surface area contributed by atoms with Crippen LogP contribution in [0, 0.1) is 17.0 Å². The standard InChI is InChI=1S/C15H15ClN2O3/c1-10-7-12(4-5-14(10)18(19)20)21-15-6-3-11(9-17-2)8-13(15)16/h3-8,17H,9H2,1-2H3. The van der Waals surface area contributed by atoms with E-state index in [-0.39, 0.29) is 5.69 Å². The quantitative estimate of drug-likeness (QED) is 0.668. The molecular formula is C15H15ClN2O3. The van der Waals surface area contributed by atoms with Crippen LogP contribution < -0.4 is 10.1 Å². The van der Waals surface area contributed by atoms with E-state index in [0.29, 0.717) is 22.1 Å². The van der Waals surface area contributed by atoms with Crippen molar-refractivity contribution in [1.29, 1.82) is 0 Å². The van der Waals surface area contributed by atoms with Crippen molar-refractivity contribution in [2.75, 3.05) is 7.05 Å². The molecule has 0 bridgehead atoms. The first-order chi connectivity index (χ1) is 10.0. The van der Waals surface area contributed by atoms with Crippen molar-refractivity contribution in [1.82, 2.24) is 5.32 Å². The lowest BCUT2D eigenvalue weighted by molar-refractivity contribution is -0.385. The molecular weight excluding hydrogens is 292 g/mol. The number of hydrogen-bond acceptors (Lipinski definition) is 4. The molecule has 0 heterocycles. The number of nitrogens with one attached hydrogen (secondary N) is 1. The molecule has 5 nitrogen and oxygen atoms in total. The normalized spacial score (nSPS) is 10.4. The molecule has 2 aromatic carbocycles. The Kier molecular flexibility index (Phi) is 4.77. The Balaban J connectivity index is 2.22. The second kappa shape index (κ2) is 6.56. The average molecular weight is 307 g/mol. The Morgan fingerprint density at radius 2 is 2.05 bits per heavy atom. The van der Waals surface area contributed by atoms with Gasteiger partial charge in [0, 0.05) is 18.2 Å². The largest absolute Gasteiger partial charge is 0.456 e. The number of benzene rings is 2. The molecule has 110 valence electrons. The lowest BCUT2D eigenvalue weighted by atomic mass is 10.2. The van der Waals surface area contributed by atoms with E-state index in [0.717, 1.165) is 12.1 Å². The Labute approximate surface area is 127 Å². The second-order valence-corrected chi connectivity index (χ2v) is 5.01. The Morgan fingerprint density at radius 3 is 2.62 bits per heavy atom. The zero-order valence-corrected chi connectivity index (χ0v) is 12.5. The summed E-state index contributed by atoms with van der Waals surface area (Å²) in [6.07, 6.45) is 0. The highest BCUT2D eigenvalue weighted by atomic mass is 35.5. The number of nitro groups is 1. The van der Waals surface area contributed by atoms with Crippen LogP contribution in [0.3, 0.4) is 0 Å². The molecule has 0 fully saturated rings. The van der Waals surface area contributed by atoms with Crippen LogP contribution in [-0.2, 0) is 6.54 Å². The molecule has 0 amide bonds. The number of nitro benzene ring substituents is 1. The van der Waals surface area contributed by atoms with Gasteiger partial charge in [-0.25, -0.2) is 0 Å². The van der Waals surface area contributed by atoms with Crippen molar-refractivity contribution < 1.29 is 9.66 Å². The third-order valence-electron chi connectivity index (χ3n) is 2.97. The van der Waals surface area contributed by atoms with Crippen molar-refractivity contribution in [2.24, 2.45) is 0 Å². The molecule has 1 N–H and O–H groups in total. The number of ether oxygens (including phenoxy) is 1. The molecule has 21 heavy (non-hydrogen) atoms.